The van der Waals surface area contributed by atoms with Gasteiger partial charge >= 0.3 is 12.1 Å². The van der Waals surface area contributed by atoms with Crippen LogP contribution < -0.4 is 10.1 Å². The Balaban J connectivity index is 2.32. The normalized spacial score (nSPS) is 13.6. The van der Waals surface area contributed by atoms with Crippen LogP contribution in [0.3, 0.4) is 0 Å². The van der Waals surface area contributed by atoms with Gasteiger partial charge in [-0.25, -0.2) is 9.18 Å². The molecule has 0 fully saturated rings. The number of nitrogens with one attached hydrogen (secondary N) is 1. The number of rotatable bonds is 7. The Morgan fingerprint density at radius 3 is 2.15 bits per heavy atom. The molecule has 0 aromatic heterocycles. The van der Waals surface area contributed by atoms with Crippen molar-refractivity contribution in [1.82, 2.24) is 0 Å². The number of carbonyl (C=O) groups excluding carboxylic acids is 1. The smallest absolute Gasteiger partial charge is 0.416 e. The van der Waals surface area contributed by atoms with Crippen LogP contribution in [-0.2, 0) is 15.7 Å². The Kier molecular flexibility index (Phi) is 6.65. The lowest BCUT2D eigenvalue weighted by atomic mass is 10.00. The number of ether oxygens (including phenoxy) is 2. The van der Waals surface area contributed by atoms with E-state index in [1.54, 1.807) is 24.3 Å². The van der Waals surface area contributed by atoms with E-state index in [-0.39, 0.29) is 12.2 Å². The summed E-state index contributed by atoms with van der Waals surface area (Å²) in [6.45, 7) is 1.52. The first-order valence-electron chi connectivity index (χ1n) is 8.14. The third-order valence-electron chi connectivity index (χ3n) is 3.81. The highest BCUT2D eigenvalue weighted by Gasteiger charge is 2.33. The molecule has 0 saturated carbocycles. The van der Waals surface area contributed by atoms with Crippen molar-refractivity contribution in [3.63, 3.8) is 0 Å². The largest absolute Gasteiger partial charge is 0.497 e. The van der Waals surface area contributed by atoms with Crippen LogP contribution in [0.15, 0.2) is 48.5 Å². The van der Waals surface area contributed by atoms with E-state index in [0.29, 0.717) is 11.4 Å². The fourth-order valence-corrected chi connectivity index (χ4v) is 2.43. The van der Waals surface area contributed by atoms with E-state index in [4.69, 9.17) is 9.47 Å². The van der Waals surface area contributed by atoms with Crippen molar-refractivity contribution in [3.8, 4) is 5.75 Å². The molecule has 0 aliphatic heterocycles. The molecule has 146 valence electrons. The number of hydrogen-bond donors (Lipinski definition) is 1. The number of anilines is 1. The maximum atomic E-state index is 14.7. The number of hydrogen-bond acceptors (Lipinski definition) is 4. The van der Waals surface area contributed by atoms with E-state index in [9.17, 15) is 22.4 Å². The van der Waals surface area contributed by atoms with Crippen LogP contribution >= 0.6 is 0 Å². The van der Waals surface area contributed by atoms with Crippen LogP contribution in [0, 0.1) is 0 Å². The zero-order valence-corrected chi connectivity index (χ0v) is 14.7. The molecule has 2 unspecified atom stereocenters. The van der Waals surface area contributed by atoms with Gasteiger partial charge in [-0.2, -0.15) is 13.2 Å². The topological polar surface area (TPSA) is 47.6 Å². The Labute approximate surface area is 154 Å². The van der Waals surface area contributed by atoms with Gasteiger partial charge in [-0.05, 0) is 48.9 Å². The minimum atomic E-state index is -4.51. The molecule has 0 heterocycles. The maximum Gasteiger partial charge on any atom is 0.416 e. The third kappa shape index (κ3) is 5.35. The average Bonchev–Trinajstić information content (AvgIpc) is 2.65. The number of esters is 1. The molecule has 2 atom stereocenters. The summed E-state index contributed by atoms with van der Waals surface area (Å²) in [5, 5.41) is 2.83. The van der Waals surface area contributed by atoms with Gasteiger partial charge < -0.3 is 14.8 Å². The number of methoxy groups -OCH3 is 1. The van der Waals surface area contributed by atoms with Gasteiger partial charge in [0.25, 0.3) is 0 Å². The predicted octanol–water partition coefficient (Wildman–Crippen LogP) is 4.77. The van der Waals surface area contributed by atoms with Crippen LogP contribution in [-0.4, -0.2) is 25.9 Å². The van der Waals surface area contributed by atoms with Crippen molar-refractivity contribution < 1.29 is 31.8 Å². The highest BCUT2D eigenvalue weighted by Crippen LogP contribution is 2.32. The lowest BCUT2D eigenvalue weighted by Gasteiger charge is -2.23. The van der Waals surface area contributed by atoms with Crippen LogP contribution in [0.5, 0.6) is 5.75 Å². The van der Waals surface area contributed by atoms with E-state index >= 15 is 0 Å². The van der Waals surface area contributed by atoms with Gasteiger partial charge in [0.2, 0.25) is 6.17 Å². The summed E-state index contributed by atoms with van der Waals surface area (Å²) in [7, 11) is 1.49. The van der Waals surface area contributed by atoms with Crippen molar-refractivity contribution in [1.29, 1.82) is 0 Å². The lowest BCUT2D eigenvalue weighted by Crippen LogP contribution is -2.31. The van der Waals surface area contributed by atoms with Crippen LogP contribution in [0.1, 0.15) is 24.1 Å². The van der Waals surface area contributed by atoms with Crippen molar-refractivity contribution >= 4 is 11.7 Å². The standard InChI is InChI=1S/C19H19F4NO3/c1-3-27-18(25)16(20)17(24-14-8-10-15(26-2)11-9-14)12-4-6-13(7-5-12)19(21,22)23/h4-11,16-17,24H,3H2,1-2H3. The summed E-state index contributed by atoms with van der Waals surface area (Å²) >= 11 is 0. The Bertz CT molecular complexity index is 745. The Morgan fingerprint density at radius 1 is 1.07 bits per heavy atom. The van der Waals surface area contributed by atoms with Crippen molar-refractivity contribution in [3.05, 3.63) is 59.7 Å². The first-order chi connectivity index (χ1) is 12.8. The minimum absolute atomic E-state index is 0.0124. The lowest BCUT2D eigenvalue weighted by molar-refractivity contribution is -0.149. The average molecular weight is 385 g/mol. The summed E-state index contributed by atoms with van der Waals surface area (Å²) in [6, 6.07) is 9.20. The van der Waals surface area contributed by atoms with Gasteiger partial charge in [0, 0.05) is 5.69 Å². The summed E-state index contributed by atoms with van der Waals surface area (Å²) in [5.74, 6) is -0.516. The second-order valence-corrected chi connectivity index (χ2v) is 5.62. The predicted molar refractivity (Wildman–Crippen MR) is 92.3 cm³/mol. The molecule has 2 aromatic rings. The van der Waals surface area contributed by atoms with E-state index in [1.807, 2.05) is 0 Å². The second-order valence-electron chi connectivity index (χ2n) is 5.62. The summed E-state index contributed by atoms with van der Waals surface area (Å²) in [4.78, 5) is 11.8. The molecular formula is C19H19F4NO3. The Hall–Kier alpha value is -2.77. The summed E-state index contributed by atoms with van der Waals surface area (Å²) in [6.07, 6.45) is -6.61. The molecule has 0 aliphatic carbocycles. The number of halogens is 4. The van der Waals surface area contributed by atoms with Gasteiger partial charge in [0.05, 0.1) is 25.3 Å². The van der Waals surface area contributed by atoms with E-state index < -0.39 is 29.9 Å². The van der Waals surface area contributed by atoms with E-state index in [1.165, 1.54) is 14.0 Å². The molecular weight excluding hydrogens is 366 g/mol. The second kappa shape index (κ2) is 8.75. The highest BCUT2D eigenvalue weighted by atomic mass is 19.4. The SMILES string of the molecule is CCOC(=O)C(F)C(Nc1ccc(OC)cc1)c1ccc(C(F)(F)F)cc1. The fraction of sp³-hybridized carbons (Fsp3) is 0.316. The van der Waals surface area contributed by atoms with E-state index in [2.05, 4.69) is 5.32 Å². The van der Waals surface area contributed by atoms with Gasteiger partial charge in [0.1, 0.15) is 5.75 Å². The summed E-state index contributed by atoms with van der Waals surface area (Å²) < 4.78 is 62.7. The Morgan fingerprint density at radius 2 is 1.67 bits per heavy atom. The van der Waals surface area contributed by atoms with Gasteiger partial charge in [0.15, 0.2) is 0 Å². The molecule has 2 aromatic carbocycles. The van der Waals surface area contributed by atoms with Crippen LogP contribution in [0.2, 0.25) is 0 Å². The zero-order chi connectivity index (χ0) is 20.0. The zero-order valence-electron chi connectivity index (χ0n) is 14.7. The minimum Gasteiger partial charge on any atom is -0.497 e. The molecule has 1 N–H and O–H groups in total. The quantitative estimate of drug-likeness (QED) is 0.551. The number of carbonyl (C=O) groups is 1. The molecule has 0 amide bonds. The van der Waals surface area contributed by atoms with Gasteiger partial charge in [-0.3, -0.25) is 0 Å². The molecule has 0 aliphatic rings. The van der Waals surface area contributed by atoms with Crippen molar-refractivity contribution in [2.75, 3.05) is 19.0 Å². The van der Waals surface area contributed by atoms with Gasteiger partial charge in [-0.1, -0.05) is 12.1 Å². The fourth-order valence-electron chi connectivity index (χ4n) is 2.43. The molecule has 0 bridgehead atoms. The summed E-state index contributed by atoms with van der Waals surface area (Å²) in [5.41, 5.74) is -0.215. The van der Waals surface area contributed by atoms with E-state index in [0.717, 1.165) is 24.3 Å². The molecule has 4 nitrogen and oxygen atoms in total. The molecule has 0 spiro atoms. The monoisotopic (exact) mass is 385 g/mol. The van der Waals surface area contributed by atoms with Crippen LogP contribution in [0.4, 0.5) is 23.2 Å². The van der Waals surface area contributed by atoms with Crippen molar-refractivity contribution in [2.45, 2.75) is 25.3 Å². The van der Waals surface area contributed by atoms with Crippen LogP contribution in [0.25, 0.3) is 0 Å². The molecule has 0 radical (unpaired) electrons. The molecule has 0 saturated heterocycles. The molecule has 2 rings (SSSR count). The first-order valence-corrected chi connectivity index (χ1v) is 8.14. The number of alkyl halides is 4. The highest BCUT2D eigenvalue weighted by molar-refractivity contribution is 5.76. The maximum absolute atomic E-state index is 14.7. The first kappa shape index (κ1) is 20.5. The van der Waals surface area contributed by atoms with Gasteiger partial charge in [-0.15, -0.1) is 0 Å². The molecule has 27 heavy (non-hydrogen) atoms. The molecule has 8 heteroatoms. The number of benzene rings is 2. The third-order valence-corrected chi connectivity index (χ3v) is 3.81. The van der Waals surface area contributed by atoms with Crippen molar-refractivity contribution in [2.24, 2.45) is 0 Å².